The Bertz CT molecular complexity index is 1640. The van der Waals surface area contributed by atoms with Gasteiger partial charge in [0.05, 0.1) is 11.3 Å². The molecule has 39 heavy (non-hydrogen) atoms. The van der Waals surface area contributed by atoms with Crippen LogP contribution in [0.25, 0.3) is 28.1 Å². The van der Waals surface area contributed by atoms with Gasteiger partial charge in [0.15, 0.2) is 0 Å². The Labute approximate surface area is 223 Å². The molecule has 0 atom stereocenters. The van der Waals surface area contributed by atoms with Crippen molar-refractivity contribution >= 4 is 17.6 Å². The van der Waals surface area contributed by atoms with E-state index < -0.39 is 17.6 Å². The summed E-state index contributed by atoms with van der Waals surface area (Å²) in [6, 6.07) is 25.5. The number of amides is 1. The summed E-state index contributed by atoms with van der Waals surface area (Å²) in [5.74, 6) is -1.55. The summed E-state index contributed by atoms with van der Waals surface area (Å²) in [5.41, 5.74) is 4.71. The second kappa shape index (κ2) is 10.7. The van der Waals surface area contributed by atoms with Gasteiger partial charge in [-0.15, -0.1) is 0 Å². The molecule has 1 amide bonds. The van der Waals surface area contributed by atoms with Gasteiger partial charge >= 0.3 is 5.97 Å². The van der Waals surface area contributed by atoms with Crippen LogP contribution in [-0.4, -0.2) is 21.7 Å². The zero-order valence-electron chi connectivity index (χ0n) is 21.1. The summed E-state index contributed by atoms with van der Waals surface area (Å²) in [7, 11) is 0. The van der Waals surface area contributed by atoms with Crippen LogP contribution in [0.5, 0.6) is 5.88 Å². The first-order valence-electron chi connectivity index (χ1n) is 12.1. The predicted octanol–water partition coefficient (Wildman–Crippen LogP) is 6.97. The first-order chi connectivity index (χ1) is 18.8. The Hall–Kier alpha value is -5.11. The van der Waals surface area contributed by atoms with E-state index in [9.17, 15) is 18.4 Å². The van der Waals surface area contributed by atoms with E-state index in [1.807, 2.05) is 19.1 Å². The highest BCUT2D eigenvalue weighted by atomic mass is 19.1. The summed E-state index contributed by atoms with van der Waals surface area (Å²) >= 11 is 0. The fourth-order valence-corrected chi connectivity index (χ4v) is 4.09. The summed E-state index contributed by atoms with van der Waals surface area (Å²) in [6.45, 7) is 3.22. The average molecular weight is 524 g/mol. The van der Waals surface area contributed by atoms with E-state index in [1.54, 1.807) is 48.5 Å². The summed E-state index contributed by atoms with van der Waals surface area (Å²) in [5, 5.41) is 7.55. The lowest BCUT2D eigenvalue weighted by Crippen LogP contribution is -2.11. The topological polar surface area (TPSA) is 73.2 Å². The molecule has 0 saturated carbocycles. The van der Waals surface area contributed by atoms with Gasteiger partial charge in [-0.1, -0.05) is 29.8 Å². The molecular formula is C31H23F2N3O3. The van der Waals surface area contributed by atoms with Crippen LogP contribution in [0.15, 0.2) is 97.1 Å². The molecule has 0 saturated heterocycles. The molecular weight excluding hydrogens is 500 g/mol. The van der Waals surface area contributed by atoms with Gasteiger partial charge in [-0.2, -0.15) is 9.78 Å². The van der Waals surface area contributed by atoms with Gasteiger partial charge in [-0.25, -0.2) is 8.78 Å². The number of hydrogen-bond acceptors (Lipinski definition) is 4. The van der Waals surface area contributed by atoms with Crippen LogP contribution in [-0.2, 0) is 4.79 Å². The number of anilines is 1. The monoisotopic (exact) mass is 523 g/mol. The largest absolute Gasteiger partial charge is 0.407 e. The highest BCUT2D eigenvalue weighted by Gasteiger charge is 2.25. The molecule has 0 aliphatic carbocycles. The Morgan fingerprint density at radius 1 is 0.769 bits per heavy atom. The van der Waals surface area contributed by atoms with Crippen molar-refractivity contribution in [3.05, 3.63) is 120 Å². The van der Waals surface area contributed by atoms with Crippen LogP contribution in [0.4, 0.5) is 14.5 Å². The van der Waals surface area contributed by atoms with Crippen LogP contribution in [0.1, 0.15) is 22.8 Å². The van der Waals surface area contributed by atoms with Gasteiger partial charge in [-0.05, 0) is 85.3 Å². The van der Waals surface area contributed by atoms with E-state index in [0.29, 0.717) is 39.3 Å². The standard InChI is InChI=1S/C31H23F2N3O3/c1-19-3-5-23(6-4-19)30(38)34-26-15-9-21(10-16-26)28-29(22-7-11-24(32)12-8-22)35-36(31(28)39-20(2)37)27-17-13-25(33)14-18-27/h3-18H,1-2H3,(H,34,38). The number of benzene rings is 4. The highest BCUT2D eigenvalue weighted by Crippen LogP contribution is 2.41. The zero-order valence-corrected chi connectivity index (χ0v) is 21.1. The molecule has 0 bridgehead atoms. The second-order valence-corrected chi connectivity index (χ2v) is 8.92. The third-order valence-corrected chi connectivity index (χ3v) is 6.02. The minimum absolute atomic E-state index is 0.116. The SMILES string of the molecule is CC(=O)Oc1c(-c2ccc(NC(=O)c3ccc(C)cc3)cc2)c(-c2ccc(F)cc2)nn1-c1ccc(F)cc1. The number of hydrogen-bond donors (Lipinski definition) is 1. The van der Waals surface area contributed by atoms with Crippen LogP contribution < -0.4 is 10.1 Å². The zero-order chi connectivity index (χ0) is 27.5. The molecule has 0 unspecified atom stereocenters. The number of esters is 1. The first kappa shape index (κ1) is 25.5. The quantitative estimate of drug-likeness (QED) is 0.244. The molecule has 1 N–H and O–H groups in total. The van der Waals surface area contributed by atoms with Gasteiger partial charge in [0.2, 0.25) is 5.88 Å². The van der Waals surface area contributed by atoms with Gasteiger partial charge in [-0.3, -0.25) is 9.59 Å². The molecule has 1 aromatic heterocycles. The Balaban J connectivity index is 1.59. The molecule has 0 aliphatic rings. The van der Waals surface area contributed by atoms with E-state index in [0.717, 1.165) is 5.56 Å². The number of nitrogens with zero attached hydrogens (tertiary/aromatic N) is 2. The van der Waals surface area contributed by atoms with Crippen LogP contribution in [0, 0.1) is 18.6 Å². The number of halogens is 2. The minimum Gasteiger partial charge on any atom is -0.407 e. The first-order valence-corrected chi connectivity index (χ1v) is 12.1. The number of rotatable bonds is 6. The van der Waals surface area contributed by atoms with Crippen molar-refractivity contribution in [1.82, 2.24) is 9.78 Å². The van der Waals surface area contributed by atoms with Crippen molar-refractivity contribution in [2.75, 3.05) is 5.32 Å². The lowest BCUT2D eigenvalue weighted by Gasteiger charge is -2.11. The molecule has 6 nitrogen and oxygen atoms in total. The van der Waals surface area contributed by atoms with Crippen molar-refractivity contribution in [2.24, 2.45) is 0 Å². The van der Waals surface area contributed by atoms with E-state index >= 15 is 0 Å². The van der Waals surface area contributed by atoms with Crippen LogP contribution in [0.2, 0.25) is 0 Å². The smallest absolute Gasteiger partial charge is 0.309 e. The third kappa shape index (κ3) is 5.60. The second-order valence-electron chi connectivity index (χ2n) is 8.92. The number of aromatic nitrogens is 2. The Kier molecular flexibility index (Phi) is 7.01. The maximum atomic E-state index is 13.7. The lowest BCUT2D eigenvalue weighted by atomic mass is 10.0. The maximum Gasteiger partial charge on any atom is 0.309 e. The van der Waals surface area contributed by atoms with E-state index in [1.165, 1.54) is 48.0 Å². The number of carbonyl (C=O) groups is 2. The Morgan fingerprint density at radius 2 is 1.33 bits per heavy atom. The summed E-state index contributed by atoms with van der Waals surface area (Å²) in [6.07, 6.45) is 0. The number of carbonyl (C=O) groups excluding carboxylic acids is 2. The molecule has 5 aromatic rings. The number of nitrogens with one attached hydrogen (secondary N) is 1. The fourth-order valence-electron chi connectivity index (χ4n) is 4.09. The average Bonchev–Trinajstić information content (AvgIpc) is 3.28. The van der Waals surface area contributed by atoms with Gasteiger partial charge < -0.3 is 10.1 Å². The highest BCUT2D eigenvalue weighted by molar-refractivity contribution is 6.04. The summed E-state index contributed by atoms with van der Waals surface area (Å²) in [4.78, 5) is 24.8. The summed E-state index contributed by atoms with van der Waals surface area (Å²) < 4.78 is 34.4. The van der Waals surface area contributed by atoms with Crippen molar-refractivity contribution in [3.63, 3.8) is 0 Å². The van der Waals surface area contributed by atoms with Crippen molar-refractivity contribution < 1.29 is 23.1 Å². The van der Waals surface area contributed by atoms with Crippen molar-refractivity contribution in [3.8, 4) is 34.0 Å². The van der Waals surface area contributed by atoms with Gasteiger partial charge in [0, 0.05) is 23.7 Å². The molecule has 1 heterocycles. The molecule has 5 rings (SSSR count). The Morgan fingerprint density at radius 3 is 1.92 bits per heavy atom. The van der Waals surface area contributed by atoms with Crippen LogP contribution >= 0.6 is 0 Å². The van der Waals surface area contributed by atoms with E-state index in [4.69, 9.17) is 4.74 Å². The van der Waals surface area contributed by atoms with Crippen LogP contribution in [0.3, 0.4) is 0 Å². The minimum atomic E-state index is -0.577. The molecule has 0 radical (unpaired) electrons. The molecule has 0 spiro atoms. The van der Waals surface area contributed by atoms with Gasteiger partial charge in [0.1, 0.15) is 17.3 Å². The fraction of sp³-hybridized carbons (Fsp3) is 0.0645. The van der Waals surface area contributed by atoms with Crippen molar-refractivity contribution in [1.29, 1.82) is 0 Å². The predicted molar refractivity (Wildman–Crippen MR) is 145 cm³/mol. The molecule has 194 valence electrons. The van der Waals surface area contributed by atoms with E-state index in [2.05, 4.69) is 10.4 Å². The molecule has 0 fully saturated rings. The third-order valence-electron chi connectivity index (χ3n) is 6.02. The number of ether oxygens (including phenoxy) is 1. The van der Waals surface area contributed by atoms with Gasteiger partial charge in [0.25, 0.3) is 5.91 Å². The number of aryl methyl sites for hydroxylation is 1. The molecule has 4 aromatic carbocycles. The normalized spacial score (nSPS) is 10.8. The molecule has 8 heteroatoms. The van der Waals surface area contributed by atoms with E-state index in [-0.39, 0.29) is 11.8 Å². The lowest BCUT2D eigenvalue weighted by molar-refractivity contribution is -0.132. The maximum absolute atomic E-state index is 13.7. The van der Waals surface area contributed by atoms with Crippen molar-refractivity contribution in [2.45, 2.75) is 13.8 Å². The molecule has 0 aliphatic heterocycles.